The van der Waals surface area contributed by atoms with Gasteiger partial charge in [0.15, 0.2) is 0 Å². The average Bonchev–Trinajstić information content (AvgIpc) is 2.80. The van der Waals surface area contributed by atoms with Gasteiger partial charge in [0.25, 0.3) is 0 Å². The van der Waals surface area contributed by atoms with E-state index in [2.05, 4.69) is 17.1 Å². The van der Waals surface area contributed by atoms with E-state index in [1.54, 1.807) is 27.9 Å². The highest BCUT2D eigenvalue weighted by Crippen LogP contribution is 2.24. The maximum absolute atomic E-state index is 11.5. The van der Waals surface area contributed by atoms with Crippen LogP contribution in [0.2, 0.25) is 0 Å². The van der Waals surface area contributed by atoms with Gasteiger partial charge in [-0.15, -0.1) is 5.48 Å². The summed E-state index contributed by atoms with van der Waals surface area (Å²) in [5, 5.41) is 3.43. The van der Waals surface area contributed by atoms with Gasteiger partial charge < -0.3 is 14.3 Å². The molecule has 3 atom stereocenters. The predicted octanol–water partition coefficient (Wildman–Crippen LogP) is 2.50. The zero-order chi connectivity index (χ0) is 17.5. The molecule has 1 heterocycles. The molecule has 0 bridgehead atoms. The molecular formula is C16H30N2O5. The molecule has 0 radical (unpaired) electrons. The van der Waals surface area contributed by atoms with Crippen molar-refractivity contribution in [3.8, 4) is 0 Å². The minimum Gasteiger partial charge on any atom is -0.442 e. The highest BCUT2D eigenvalue weighted by Gasteiger charge is 2.29. The van der Waals surface area contributed by atoms with Gasteiger partial charge >= 0.3 is 12.1 Å². The lowest BCUT2D eigenvalue weighted by Gasteiger charge is -2.19. The standard InChI is InChI=1S/C16H30N2O5/c1-11-10-13(21-5)17-12(11)8-6-7-9-14(19)23-18-15(20)22-16(2,3)4/h11-13,17H,6-10H2,1-5H3,(H,18,20). The van der Waals surface area contributed by atoms with Crippen LogP contribution in [-0.2, 0) is 19.1 Å². The highest BCUT2D eigenvalue weighted by atomic mass is 16.7. The zero-order valence-corrected chi connectivity index (χ0v) is 14.8. The molecule has 1 aliphatic heterocycles. The van der Waals surface area contributed by atoms with Crippen LogP contribution >= 0.6 is 0 Å². The highest BCUT2D eigenvalue weighted by molar-refractivity contribution is 5.73. The molecule has 0 aromatic rings. The molecule has 1 fully saturated rings. The van der Waals surface area contributed by atoms with Crippen molar-refractivity contribution in [2.24, 2.45) is 5.92 Å². The third-order valence-corrected chi connectivity index (χ3v) is 3.75. The number of hydrogen-bond donors (Lipinski definition) is 2. The Labute approximate surface area is 138 Å². The smallest absolute Gasteiger partial charge is 0.441 e. The summed E-state index contributed by atoms with van der Waals surface area (Å²) in [5.41, 5.74) is 1.38. The number of ether oxygens (including phenoxy) is 2. The first kappa shape index (κ1) is 19.7. The average molecular weight is 330 g/mol. The maximum Gasteiger partial charge on any atom is 0.441 e. The van der Waals surface area contributed by atoms with E-state index < -0.39 is 17.7 Å². The van der Waals surface area contributed by atoms with Crippen molar-refractivity contribution in [3.05, 3.63) is 0 Å². The molecule has 7 nitrogen and oxygen atoms in total. The Morgan fingerprint density at radius 2 is 1.96 bits per heavy atom. The lowest BCUT2D eigenvalue weighted by Crippen LogP contribution is -2.34. The predicted molar refractivity (Wildman–Crippen MR) is 85.4 cm³/mol. The molecule has 3 unspecified atom stereocenters. The largest absolute Gasteiger partial charge is 0.442 e. The quantitative estimate of drug-likeness (QED) is 0.575. The molecular weight excluding hydrogens is 300 g/mol. The Morgan fingerprint density at radius 1 is 1.26 bits per heavy atom. The number of carbonyl (C=O) groups is 2. The fourth-order valence-corrected chi connectivity index (χ4v) is 2.59. The second-order valence-corrected chi connectivity index (χ2v) is 7.03. The van der Waals surface area contributed by atoms with Crippen molar-refractivity contribution in [1.82, 2.24) is 10.8 Å². The Morgan fingerprint density at radius 3 is 2.52 bits per heavy atom. The maximum atomic E-state index is 11.5. The Kier molecular flexibility index (Phi) is 7.78. The number of nitrogens with one attached hydrogen (secondary N) is 2. The number of hydroxylamine groups is 1. The first-order valence-electron chi connectivity index (χ1n) is 8.19. The van der Waals surface area contributed by atoms with E-state index >= 15 is 0 Å². The van der Waals surface area contributed by atoms with Crippen LogP contribution in [0, 0.1) is 5.92 Å². The molecule has 0 aliphatic carbocycles. The number of rotatable bonds is 6. The molecule has 0 saturated carbocycles. The molecule has 23 heavy (non-hydrogen) atoms. The zero-order valence-electron chi connectivity index (χ0n) is 14.8. The van der Waals surface area contributed by atoms with Crippen molar-refractivity contribution in [2.45, 2.75) is 77.7 Å². The van der Waals surface area contributed by atoms with Gasteiger partial charge in [-0.25, -0.2) is 9.59 Å². The van der Waals surface area contributed by atoms with E-state index in [0.29, 0.717) is 12.0 Å². The Balaban J connectivity index is 2.09. The van der Waals surface area contributed by atoms with E-state index in [-0.39, 0.29) is 12.6 Å². The molecule has 0 spiro atoms. The fourth-order valence-electron chi connectivity index (χ4n) is 2.59. The van der Waals surface area contributed by atoms with Crippen molar-refractivity contribution in [1.29, 1.82) is 0 Å². The molecule has 0 aromatic carbocycles. The summed E-state index contributed by atoms with van der Waals surface area (Å²) < 4.78 is 10.3. The Hall–Kier alpha value is -1.34. The van der Waals surface area contributed by atoms with E-state index in [1.807, 2.05) is 5.48 Å². The first-order valence-corrected chi connectivity index (χ1v) is 8.19. The van der Waals surface area contributed by atoms with Gasteiger partial charge in [0, 0.05) is 19.6 Å². The molecule has 2 N–H and O–H groups in total. The van der Waals surface area contributed by atoms with Crippen molar-refractivity contribution in [2.75, 3.05) is 7.11 Å². The Bertz CT molecular complexity index is 394. The van der Waals surface area contributed by atoms with E-state index in [0.717, 1.165) is 25.7 Å². The third-order valence-electron chi connectivity index (χ3n) is 3.75. The lowest BCUT2D eigenvalue weighted by molar-refractivity contribution is -0.150. The molecule has 1 amide bonds. The topological polar surface area (TPSA) is 85.9 Å². The van der Waals surface area contributed by atoms with Crippen LogP contribution in [-0.4, -0.2) is 37.0 Å². The second kappa shape index (κ2) is 9.08. The van der Waals surface area contributed by atoms with Crippen LogP contribution in [0.4, 0.5) is 4.79 Å². The van der Waals surface area contributed by atoms with Crippen LogP contribution in [0.15, 0.2) is 0 Å². The van der Waals surface area contributed by atoms with Crippen LogP contribution in [0.1, 0.15) is 59.8 Å². The van der Waals surface area contributed by atoms with Crippen LogP contribution in [0.5, 0.6) is 0 Å². The monoisotopic (exact) mass is 330 g/mol. The molecule has 134 valence electrons. The lowest BCUT2D eigenvalue weighted by atomic mass is 9.98. The van der Waals surface area contributed by atoms with Gasteiger partial charge in [-0.1, -0.05) is 13.3 Å². The van der Waals surface area contributed by atoms with Crippen LogP contribution < -0.4 is 10.8 Å². The minimum atomic E-state index is -0.763. The van der Waals surface area contributed by atoms with Crippen molar-refractivity contribution in [3.63, 3.8) is 0 Å². The summed E-state index contributed by atoms with van der Waals surface area (Å²) in [4.78, 5) is 27.6. The number of unbranched alkanes of at least 4 members (excludes halogenated alkanes) is 1. The van der Waals surface area contributed by atoms with Gasteiger partial charge in [-0.2, -0.15) is 0 Å². The SMILES string of the molecule is COC1CC(C)C(CCCCC(=O)ONC(=O)OC(C)(C)C)N1. The molecule has 7 heteroatoms. The third kappa shape index (κ3) is 8.18. The van der Waals surface area contributed by atoms with Gasteiger partial charge in [0.1, 0.15) is 11.8 Å². The number of amides is 1. The number of hydrogen-bond acceptors (Lipinski definition) is 6. The molecule has 1 rings (SSSR count). The van der Waals surface area contributed by atoms with Crippen molar-refractivity contribution >= 4 is 12.1 Å². The molecule has 1 saturated heterocycles. The summed E-state index contributed by atoms with van der Waals surface area (Å²) in [6.07, 6.45) is 3.29. The van der Waals surface area contributed by atoms with Gasteiger partial charge in [-0.05, 0) is 46.0 Å². The second-order valence-electron chi connectivity index (χ2n) is 7.03. The van der Waals surface area contributed by atoms with Gasteiger partial charge in [-0.3, -0.25) is 5.32 Å². The first-order chi connectivity index (χ1) is 10.7. The van der Waals surface area contributed by atoms with Gasteiger partial charge in [0.05, 0.1) is 0 Å². The number of methoxy groups -OCH3 is 1. The van der Waals surface area contributed by atoms with Crippen LogP contribution in [0.25, 0.3) is 0 Å². The van der Waals surface area contributed by atoms with E-state index in [1.165, 1.54) is 0 Å². The van der Waals surface area contributed by atoms with E-state index in [9.17, 15) is 9.59 Å². The fraction of sp³-hybridized carbons (Fsp3) is 0.875. The van der Waals surface area contributed by atoms with Gasteiger partial charge in [0.2, 0.25) is 0 Å². The number of carbonyl (C=O) groups excluding carboxylic acids is 2. The summed E-state index contributed by atoms with van der Waals surface area (Å²) in [7, 11) is 1.71. The summed E-state index contributed by atoms with van der Waals surface area (Å²) >= 11 is 0. The normalized spacial score (nSPS) is 24.3. The molecule has 1 aliphatic rings. The van der Waals surface area contributed by atoms with Crippen molar-refractivity contribution < 1.29 is 23.9 Å². The summed E-state index contributed by atoms with van der Waals surface area (Å²) in [6.45, 7) is 7.41. The minimum absolute atomic E-state index is 0.137. The van der Waals surface area contributed by atoms with Crippen LogP contribution in [0.3, 0.4) is 0 Å². The van der Waals surface area contributed by atoms with E-state index in [4.69, 9.17) is 9.47 Å². The summed E-state index contributed by atoms with van der Waals surface area (Å²) in [6, 6.07) is 0.427. The molecule has 0 aromatic heterocycles. The summed E-state index contributed by atoms with van der Waals surface area (Å²) in [5.74, 6) is 0.110.